The van der Waals surface area contributed by atoms with E-state index in [4.69, 9.17) is 9.47 Å². The lowest BCUT2D eigenvalue weighted by molar-refractivity contribution is -0.149. The number of hydrogen-bond donors (Lipinski definition) is 1. The van der Waals surface area contributed by atoms with Gasteiger partial charge in [-0.1, -0.05) is 24.3 Å². The highest BCUT2D eigenvalue weighted by Crippen LogP contribution is 2.21. The fourth-order valence-electron chi connectivity index (χ4n) is 1.79. The van der Waals surface area contributed by atoms with Crippen molar-refractivity contribution in [2.45, 2.75) is 20.0 Å². The predicted molar refractivity (Wildman–Crippen MR) is 82.9 cm³/mol. The maximum atomic E-state index is 11.4. The van der Waals surface area contributed by atoms with Crippen LogP contribution in [0.4, 0.5) is 11.4 Å². The molecule has 21 heavy (non-hydrogen) atoms. The van der Waals surface area contributed by atoms with E-state index >= 15 is 0 Å². The molecule has 0 atom stereocenters. The van der Waals surface area contributed by atoms with E-state index in [2.05, 4.69) is 5.32 Å². The molecular formula is C17H19NO3. The maximum absolute atomic E-state index is 11.4. The van der Waals surface area contributed by atoms with Gasteiger partial charge in [0, 0.05) is 17.4 Å². The van der Waals surface area contributed by atoms with E-state index in [-0.39, 0.29) is 18.7 Å². The number of esters is 1. The van der Waals surface area contributed by atoms with E-state index < -0.39 is 0 Å². The van der Waals surface area contributed by atoms with Gasteiger partial charge < -0.3 is 14.8 Å². The van der Waals surface area contributed by atoms with Crippen LogP contribution in [0.3, 0.4) is 0 Å². The standard InChI is InChI=1S/C17H19NO3/c1-13(2)21-17(19)12-20-16-10-6-9-15(11-16)18-14-7-4-3-5-8-14/h3-11,13,18H,12H2,1-2H3. The molecule has 0 aliphatic heterocycles. The summed E-state index contributed by atoms with van der Waals surface area (Å²) in [6, 6.07) is 17.3. The summed E-state index contributed by atoms with van der Waals surface area (Å²) >= 11 is 0. The molecule has 0 saturated heterocycles. The molecule has 0 saturated carbocycles. The molecule has 2 aromatic carbocycles. The number of ether oxygens (including phenoxy) is 2. The Hall–Kier alpha value is -2.49. The zero-order valence-electron chi connectivity index (χ0n) is 12.2. The molecule has 4 nitrogen and oxygen atoms in total. The number of rotatable bonds is 6. The smallest absolute Gasteiger partial charge is 0.344 e. The molecule has 2 rings (SSSR count). The second-order valence-electron chi connectivity index (χ2n) is 4.85. The number of carbonyl (C=O) groups is 1. The van der Waals surface area contributed by atoms with Gasteiger partial charge >= 0.3 is 5.97 Å². The van der Waals surface area contributed by atoms with Gasteiger partial charge in [-0.2, -0.15) is 0 Å². The van der Waals surface area contributed by atoms with E-state index in [1.54, 1.807) is 6.07 Å². The molecule has 0 aliphatic rings. The molecule has 0 heterocycles. The Morgan fingerprint density at radius 3 is 2.48 bits per heavy atom. The Morgan fingerprint density at radius 1 is 1.05 bits per heavy atom. The van der Waals surface area contributed by atoms with Crippen LogP contribution in [0.5, 0.6) is 5.75 Å². The van der Waals surface area contributed by atoms with E-state index in [0.717, 1.165) is 11.4 Å². The van der Waals surface area contributed by atoms with Gasteiger partial charge in [0.15, 0.2) is 6.61 Å². The highest BCUT2D eigenvalue weighted by molar-refractivity contribution is 5.71. The van der Waals surface area contributed by atoms with Crippen LogP contribution in [0.25, 0.3) is 0 Å². The molecule has 0 bridgehead atoms. The topological polar surface area (TPSA) is 47.6 Å². The normalized spacial score (nSPS) is 10.2. The Bertz CT molecular complexity index is 582. The minimum atomic E-state index is -0.369. The SMILES string of the molecule is CC(C)OC(=O)COc1cccc(Nc2ccccc2)c1. The van der Waals surface area contributed by atoms with Gasteiger partial charge in [0.2, 0.25) is 0 Å². The van der Waals surface area contributed by atoms with Crippen LogP contribution in [-0.4, -0.2) is 18.7 Å². The van der Waals surface area contributed by atoms with Crippen LogP contribution >= 0.6 is 0 Å². The maximum Gasteiger partial charge on any atom is 0.344 e. The molecule has 0 fully saturated rings. The first-order chi connectivity index (χ1) is 10.1. The van der Waals surface area contributed by atoms with Crippen LogP contribution in [0.15, 0.2) is 54.6 Å². The number of nitrogens with one attached hydrogen (secondary N) is 1. The van der Waals surface area contributed by atoms with Gasteiger partial charge in [-0.3, -0.25) is 0 Å². The van der Waals surface area contributed by atoms with Crippen molar-refractivity contribution < 1.29 is 14.3 Å². The Balaban J connectivity index is 1.93. The first-order valence-corrected chi connectivity index (χ1v) is 6.88. The van der Waals surface area contributed by atoms with Crippen LogP contribution in [0.1, 0.15) is 13.8 Å². The third-order valence-corrected chi connectivity index (χ3v) is 2.62. The summed E-state index contributed by atoms with van der Waals surface area (Å²) in [6.07, 6.45) is -0.132. The van der Waals surface area contributed by atoms with E-state index in [0.29, 0.717) is 5.75 Å². The van der Waals surface area contributed by atoms with Gasteiger partial charge in [0.25, 0.3) is 0 Å². The first-order valence-electron chi connectivity index (χ1n) is 6.88. The van der Waals surface area contributed by atoms with Gasteiger partial charge in [0.1, 0.15) is 5.75 Å². The molecule has 0 amide bonds. The van der Waals surface area contributed by atoms with Gasteiger partial charge in [-0.05, 0) is 38.1 Å². The molecule has 0 aliphatic carbocycles. The predicted octanol–water partition coefficient (Wildman–Crippen LogP) is 3.76. The van der Waals surface area contributed by atoms with Crippen molar-refractivity contribution >= 4 is 17.3 Å². The molecule has 110 valence electrons. The molecule has 0 unspecified atom stereocenters. The Morgan fingerprint density at radius 2 is 1.76 bits per heavy atom. The summed E-state index contributed by atoms with van der Waals surface area (Å²) in [5.74, 6) is 0.253. The number of benzene rings is 2. The lowest BCUT2D eigenvalue weighted by atomic mass is 10.2. The van der Waals surface area contributed by atoms with Crippen molar-refractivity contribution in [3.8, 4) is 5.75 Å². The minimum Gasteiger partial charge on any atom is -0.482 e. The summed E-state index contributed by atoms with van der Waals surface area (Å²) in [5.41, 5.74) is 1.89. The summed E-state index contributed by atoms with van der Waals surface area (Å²) in [4.78, 5) is 11.4. The highest BCUT2D eigenvalue weighted by Gasteiger charge is 2.06. The minimum absolute atomic E-state index is 0.0903. The molecular weight excluding hydrogens is 266 g/mol. The van der Waals surface area contributed by atoms with Gasteiger partial charge in [0.05, 0.1) is 6.10 Å². The molecule has 0 spiro atoms. The van der Waals surface area contributed by atoms with Crippen molar-refractivity contribution in [2.24, 2.45) is 0 Å². The van der Waals surface area contributed by atoms with E-state index in [9.17, 15) is 4.79 Å². The van der Waals surface area contributed by atoms with Crippen LogP contribution in [0, 0.1) is 0 Å². The lowest BCUT2D eigenvalue weighted by Gasteiger charge is -2.11. The second kappa shape index (κ2) is 7.33. The van der Waals surface area contributed by atoms with Crippen molar-refractivity contribution in [3.63, 3.8) is 0 Å². The summed E-state index contributed by atoms with van der Waals surface area (Å²) < 4.78 is 10.5. The first kappa shape index (κ1) is 14.9. The zero-order valence-corrected chi connectivity index (χ0v) is 12.2. The lowest BCUT2D eigenvalue weighted by Crippen LogP contribution is -2.18. The summed E-state index contributed by atoms with van der Waals surface area (Å²) in [5, 5.41) is 3.27. The third-order valence-electron chi connectivity index (χ3n) is 2.62. The number of para-hydroxylation sites is 1. The van der Waals surface area contributed by atoms with Crippen molar-refractivity contribution in [1.29, 1.82) is 0 Å². The van der Waals surface area contributed by atoms with Gasteiger partial charge in [-0.25, -0.2) is 4.79 Å². The van der Waals surface area contributed by atoms with E-state index in [1.807, 2.05) is 62.4 Å². The molecule has 1 N–H and O–H groups in total. The second-order valence-corrected chi connectivity index (χ2v) is 4.85. The van der Waals surface area contributed by atoms with Crippen LogP contribution in [0.2, 0.25) is 0 Å². The summed E-state index contributed by atoms with van der Waals surface area (Å²) in [7, 11) is 0. The van der Waals surface area contributed by atoms with Crippen molar-refractivity contribution in [3.05, 3.63) is 54.6 Å². The van der Waals surface area contributed by atoms with Crippen LogP contribution in [-0.2, 0) is 9.53 Å². The highest BCUT2D eigenvalue weighted by atomic mass is 16.6. The molecule has 2 aromatic rings. The molecule has 4 heteroatoms. The zero-order chi connectivity index (χ0) is 15.1. The number of anilines is 2. The van der Waals surface area contributed by atoms with Gasteiger partial charge in [-0.15, -0.1) is 0 Å². The Labute approximate surface area is 124 Å². The van der Waals surface area contributed by atoms with Crippen molar-refractivity contribution in [1.82, 2.24) is 0 Å². The third kappa shape index (κ3) is 5.18. The molecule has 0 radical (unpaired) electrons. The van der Waals surface area contributed by atoms with Crippen LogP contribution < -0.4 is 10.1 Å². The number of carbonyl (C=O) groups excluding carboxylic acids is 1. The average Bonchev–Trinajstić information content (AvgIpc) is 2.46. The largest absolute Gasteiger partial charge is 0.482 e. The molecule has 0 aromatic heterocycles. The van der Waals surface area contributed by atoms with E-state index in [1.165, 1.54) is 0 Å². The monoisotopic (exact) mass is 285 g/mol. The fourth-order valence-corrected chi connectivity index (χ4v) is 1.79. The average molecular weight is 285 g/mol. The Kier molecular flexibility index (Phi) is 5.21. The van der Waals surface area contributed by atoms with Crippen molar-refractivity contribution in [2.75, 3.05) is 11.9 Å². The fraction of sp³-hybridized carbons (Fsp3) is 0.235. The number of hydrogen-bond acceptors (Lipinski definition) is 4. The summed E-state index contributed by atoms with van der Waals surface area (Å²) in [6.45, 7) is 3.53. The quantitative estimate of drug-likeness (QED) is 0.821.